The topological polar surface area (TPSA) is 38.7 Å². The summed E-state index contributed by atoms with van der Waals surface area (Å²) in [5.41, 5.74) is 2.70. The van der Waals surface area contributed by atoms with Crippen LogP contribution < -0.4 is 9.47 Å². The second-order valence-electron chi connectivity index (χ2n) is 7.44. The first kappa shape index (κ1) is 30.0. The number of hydrogen-bond acceptors (Lipinski definition) is 3. The van der Waals surface area contributed by atoms with Crippen LogP contribution in [0.3, 0.4) is 0 Å². The highest BCUT2D eigenvalue weighted by Crippen LogP contribution is 2.51. The molecular formula is C26H50O3. The zero-order chi connectivity index (χ0) is 23.3. The van der Waals surface area contributed by atoms with Crippen LogP contribution in [0.25, 0.3) is 0 Å². The average Bonchev–Trinajstić information content (AvgIpc) is 2.76. The van der Waals surface area contributed by atoms with Crippen molar-refractivity contribution in [3.8, 4) is 11.5 Å². The van der Waals surface area contributed by atoms with Gasteiger partial charge in [0.25, 0.3) is 0 Å². The molecule has 29 heavy (non-hydrogen) atoms. The van der Waals surface area contributed by atoms with Gasteiger partial charge in [-0.25, -0.2) is 0 Å². The molecule has 1 heterocycles. The van der Waals surface area contributed by atoms with Crippen molar-refractivity contribution in [1.29, 1.82) is 0 Å². The summed E-state index contributed by atoms with van der Waals surface area (Å²) in [5.74, 6) is 1.60. The Hall–Kier alpha value is -1.22. The number of ether oxygens (including phenoxy) is 2. The van der Waals surface area contributed by atoms with Crippen molar-refractivity contribution in [2.24, 2.45) is 5.41 Å². The van der Waals surface area contributed by atoms with Gasteiger partial charge < -0.3 is 14.6 Å². The van der Waals surface area contributed by atoms with Crippen LogP contribution in [0.15, 0.2) is 6.07 Å². The summed E-state index contributed by atoms with van der Waals surface area (Å²) in [4.78, 5) is 0. The van der Waals surface area contributed by atoms with Gasteiger partial charge in [-0.2, -0.15) is 0 Å². The zero-order valence-electron chi connectivity index (χ0n) is 21.6. The Balaban J connectivity index is 0. The van der Waals surface area contributed by atoms with Crippen LogP contribution in [-0.2, 0) is 5.60 Å². The van der Waals surface area contributed by atoms with Gasteiger partial charge in [-0.3, -0.25) is 0 Å². The van der Waals surface area contributed by atoms with Crippen molar-refractivity contribution in [2.75, 3.05) is 13.2 Å². The Morgan fingerprint density at radius 1 is 0.690 bits per heavy atom. The Morgan fingerprint density at radius 3 is 1.55 bits per heavy atom. The molecule has 3 nitrogen and oxygen atoms in total. The van der Waals surface area contributed by atoms with Crippen LogP contribution in [0.1, 0.15) is 112 Å². The largest absolute Gasteiger partial charge is 0.486 e. The Bertz CT molecular complexity index is 552. The van der Waals surface area contributed by atoms with Crippen molar-refractivity contribution in [1.82, 2.24) is 0 Å². The summed E-state index contributed by atoms with van der Waals surface area (Å²) in [6, 6.07) is 2.11. The SMILES string of the molecule is CC.CC.CC.CC.Cc1cc(C)c(C2(O)CCC(C)(C)CC2)c2c1OCCO2. The van der Waals surface area contributed by atoms with Crippen molar-refractivity contribution < 1.29 is 14.6 Å². The molecule has 1 fully saturated rings. The van der Waals surface area contributed by atoms with Crippen LogP contribution in [0.5, 0.6) is 11.5 Å². The number of hydrogen-bond donors (Lipinski definition) is 1. The molecule has 0 spiro atoms. The molecular weight excluding hydrogens is 360 g/mol. The lowest BCUT2D eigenvalue weighted by atomic mass is 9.68. The summed E-state index contributed by atoms with van der Waals surface area (Å²) in [6.07, 6.45) is 3.65. The van der Waals surface area contributed by atoms with Gasteiger partial charge in [-0.05, 0) is 56.1 Å². The van der Waals surface area contributed by atoms with Gasteiger partial charge in [0.15, 0.2) is 11.5 Å². The smallest absolute Gasteiger partial charge is 0.167 e. The van der Waals surface area contributed by atoms with E-state index in [-0.39, 0.29) is 0 Å². The van der Waals surface area contributed by atoms with Crippen molar-refractivity contribution in [2.45, 2.75) is 114 Å². The summed E-state index contributed by atoms with van der Waals surface area (Å²) in [5, 5.41) is 11.3. The maximum absolute atomic E-state index is 11.3. The predicted molar refractivity (Wildman–Crippen MR) is 128 cm³/mol. The highest BCUT2D eigenvalue weighted by molar-refractivity contribution is 5.57. The number of aryl methyl sites for hydroxylation is 2. The molecule has 3 heteroatoms. The third kappa shape index (κ3) is 7.85. The van der Waals surface area contributed by atoms with Gasteiger partial charge >= 0.3 is 0 Å². The van der Waals surface area contributed by atoms with Crippen molar-refractivity contribution in [3.63, 3.8) is 0 Å². The normalized spacial score (nSPS) is 17.4. The second kappa shape index (κ2) is 14.7. The minimum absolute atomic E-state index is 0.322. The predicted octanol–water partition coefficient (Wildman–Crippen LogP) is 7.97. The molecule has 1 aliphatic carbocycles. The fraction of sp³-hybridized carbons (Fsp3) is 0.769. The number of benzene rings is 1. The maximum Gasteiger partial charge on any atom is 0.167 e. The van der Waals surface area contributed by atoms with Crippen LogP contribution in [0, 0.1) is 19.3 Å². The molecule has 172 valence electrons. The van der Waals surface area contributed by atoms with Crippen LogP contribution in [0.2, 0.25) is 0 Å². The molecule has 0 atom stereocenters. The molecule has 2 aliphatic rings. The molecule has 0 aromatic heterocycles. The van der Waals surface area contributed by atoms with Gasteiger partial charge in [0.1, 0.15) is 13.2 Å². The summed E-state index contributed by atoms with van der Waals surface area (Å²) < 4.78 is 11.7. The first-order chi connectivity index (χ1) is 13.8. The molecule has 0 radical (unpaired) electrons. The molecule has 0 amide bonds. The Kier molecular flexibility index (Phi) is 15.2. The van der Waals surface area contributed by atoms with E-state index in [1.807, 2.05) is 62.3 Å². The van der Waals surface area contributed by atoms with Gasteiger partial charge in [-0.1, -0.05) is 75.3 Å². The zero-order valence-corrected chi connectivity index (χ0v) is 21.6. The lowest BCUT2D eigenvalue weighted by molar-refractivity contribution is -0.0339. The molecule has 1 aromatic rings. The monoisotopic (exact) mass is 410 g/mol. The molecule has 0 saturated heterocycles. The maximum atomic E-state index is 11.3. The highest BCUT2D eigenvalue weighted by Gasteiger charge is 2.42. The quantitative estimate of drug-likeness (QED) is 0.510. The Labute approximate surface area is 182 Å². The standard InChI is InChI=1S/C18H26O3.4C2H6/c1-12-11-13(2)15-16(21-10-9-20-15)14(12)18(19)7-5-17(3,4)6-8-18;4*1-2/h11,19H,5-10H2,1-4H3;4*1-2H3. The Morgan fingerprint density at radius 2 is 1.10 bits per heavy atom. The molecule has 3 rings (SSSR count). The highest BCUT2D eigenvalue weighted by atomic mass is 16.6. The number of fused-ring (bicyclic) bond motifs is 1. The minimum Gasteiger partial charge on any atom is -0.486 e. The van der Waals surface area contributed by atoms with Crippen LogP contribution in [-0.4, -0.2) is 18.3 Å². The van der Waals surface area contributed by atoms with E-state index < -0.39 is 5.60 Å². The van der Waals surface area contributed by atoms with E-state index in [1.54, 1.807) is 0 Å². The lowest BCUT2D eigenvalue weighted by Gasteiger charge is -2.42. The molecule has 1 aromatic carbocycles. The summed E-state index contributed by atoms with van der Waals surface area (Å²) in [7, 11) is 0. The van der Waals surface area contributed by atoms with Gasteiger partial charge in [0, 0.05) is 5.56 Å². The molecule has 0 bridgehead atoms. The van der Waals surface area contributed by atoms with E-state index >= 15 is 0 Å². The third-order valence-electron chi connectivity index (χ3n) is 5.09. The van der Waals surface area contributed by atoms with E-state index in [4.69, 9.17) is 9.47 Å². The van der Waals surface area contributed by atoms with E-state index in [2.05, 4.69) is 26.8 Å². The first-order valence-corrected chi connectivity index (χ1v) is 12.0. The van der Waals surface area contributed by atoms with Crippen LogP contribution >= 0.6 is 0 Å². The molecule has 0 unspecified atom stereocenters. The first-order valence-electron chi connectivity index (χ1n) is 12.0. The second-order valence-corrected chi connectivity index (χ2v) is 7.44. The summed E-state index contributed by atoms with van der Waals surface area (Å²) >= 11 is 0. The third-order valence-corrected chi connectivity index (χ3v) is 5.09. The van der Waals surface area contributed by atoms with Crippen molar-refractivity contribution >= 4 is 0 Å². The average molecular weight is 411 g/mol. The fourth-order valence-electron chi connectivity index (χ4n) is 3.71. The van der Waals surface area contributed by atoms with E-state index in [0.717, 1.165) is 53.9 Å². The van der Waals surface area contributed by atoms with E-state index in [1.165, 1.54) is 0 Å². The fourth-order valence-corrected chi connectivity index (χ4v) is 3.71. The van der Waals surface area contributed by atoms with Crippen LogP contribution in [0.4, 0.5) is 0 Å². The van der Waals surface area contributed by atoms with E-state index in [0.29, 0.717) is 18.6 Å². The molecule has 1 saturated carbocycles. The van der Waals surface area contributed by atoms with Crippen molar-refractivity contribution in [3.05, 3.63) is 22.8 Å². The van der Waals surface area contributed by atoms with Gasteiger partial charge in [0.2, 0.25) is 0 Å². The van der Waals surface area contributed by atoms with E-state index in [9.17, 15) is 5.11 Å². The number of rotatable bonds is 1. The molecule has 1 aliphatic heterocycles. The minimum atomic E-state index is -0.780. The number of aliphatic hydroxyl groups is 1. The lowest BCUT2D eigenvalue weighted by Crippen LogP contribution is -2.36. The summed E-state index contributed by atoms with van der Waals surface area (Å²) in [6.45, 7) is 25.8. The van der Waals surface area contributed by atoms with Gasteiger partial charge in [-0.15, -0.1) is 0 Å². The van der Waals surface area contributed by atoms with Gasteiger partial charge in [0.05, 0.1) is 5.60 Å². The molecule has 1 N–H and O–H groups in total.